The van der Waals surface area contributed by atoms with E-state index in [1.54, 1.807) is 6.07 Å². The van der Waals surface area contributed by atoms with Crippen LogP contribution in [0, 0.1) is 17.3 Å². The molecule has 1 aromatic rings. The number of benzene rings is 1. The third-order valence-corrected chi connectivity index (χ3v) is 5.93. The molecule has 3 rings (SSSR count). The molecule has 0 aromatic heterocycles. The van der Waals surface area contributed by atoms with Crippen molar-refractivity contribution in [2.75, 3.05) is 6.79 Å². The Kier molecular flexibility index (Phi) is 4.41. The first-order valence-electron chi connectivity index (χ1n) is 7.70. The van der Waals surface area contributed by atoms with Crippen LogP contribution in [-0.2, 0) is 10.5 Å². The van der Waals surface area contributed by atoms with Crippen molar-refractivity contribution in [1.29, 1.82) is 0 Å². The molecule has 0 saturated heterocycles. The van der Waals surface area contributed by atoms with Crippen LogP contribution in [0.1, 0.15) is 33.3 Å². The zero-order chi connectivity index (χ0) is 16.8. The van der Waals surface area contributed by atoms with Gasteiger partial charge in [-0.1, -0.05) is 48.9 Å². The van der Waals surface area contributed by atoms with Crippen molar-refractivity contribution in [1.82, 2.24) is 0 Å². The maximum atomic E-state index is 12.6. The number of ether oxygens (including phenoxy) is 2. The van der Waals surface area contributed by atoms with E-state index in [9.17, 15) is 4.79 Å². The monoisotopic (exact) mass is 352 g/mol. The lowest BCUT2D eigenvalue weighted by Gasteiger charge is -2.06. The third kappa shape index (κ3) is 3.24. The van der Waals surface area contributed by atoms with Crippen molar-refractivity contribution in [2.45, 2.75) is 33.4 Å². The average molecular weight is 353 g/mol. The minimum absolute atomic E-state index is 0.0556. The SMILES string of the molecule is CC(C)=CC1C(C(=O)SCc2cc3c(cc2Cl)OCO3)C1(C)C. The van der Waals surface area contributed by atoms with E-state index in [2.05, 4.69) is 33.8 Å². The third-order valence-electron chi connectivity index (χ3n) is 4.59. The summed E-state index contributed by atoms with van der Waals surface area (Å²) < 4.78 is 10.7. The summed E-state index contributed by atoms with van der Waals surface area (Å²) in [5, 5.41) is 0.858. The van der Waals surface area contributed by atoms with Gasteiger partial charge in [-0.25, -0.2) is 0 Å². The molecule has 1 aliphatic carbocycles. The molecule has 0 spiro atoms. The van der Waals surface area contributed by atoms with Crippen LogP contribution in [0.2, 0.25) is 5.02 Å². The van der Waals surface area contributed by atoms with E-state index < -0.39 is 0 Å². The van der Waals surface area contributed by atoms with Crippen molar-refractivity contribution in [2.24, 2.45) is 17.3 Å². The van der Waals surface area contributed by atoms with Crippen LogP contribution >= 0.6 is 23.4 Å². The number of carbonyl (C=O) groups excluding carboxylic acids is 1. The van der Waals surface area contributed by atoms with Crippen molar-refractivity contribution in [3.63, 3.8) is 0 Å². The van der Waals surface area contributed by atoms with Crippen LogP contribution in [0.15, 0.2) is 23.8 Å². The zero-order valence-corrected chi connectivity index (χ0v) is 15.4. The molecular weight excluding hydrogens is 332 g/mol. The second kappa shape index (κ2) is 6.06. The highest BCUT2D eigenvalue weighted by atomic mass is 35.5. The Balaban J connectivity index is 1.65. The summed E-state index contributed by atoms with van der Waals surface area (Å²) in [6, 6.07) is 3.63. The highest BCUT2D eigenvalue weighted by molar-refractivity contribution is 8.13. The topological polar surface area (TPSA) is 35.5 Å². The maximum Gasteiger partial charge on any atom is 0.231 e. The summed E-state index contributed by atoms with van der Waals surface area (Å²) in [7, 11) is 0. The van der Waals surface area contributed by atoms with Gasteiger partial charge in [0.1, 0.15) is 0 Å². The fraction of sp³-hybridized carbons (Fsp3) is 0.500. The summed E-state index contributed by atoms with van der Waals surface area (Å²) in [4.78, 5) is 12.6. The Bertz CT molecular complexity index is 677. The van der Waals surface area contributed by atoms with Crippen LogP contribution in [0.3, 0.4) is 0 Å². The van der Waals surface area contributed by atoms with Crippen molar-refractivity contribution in [3.05, 3.63) is 34.4 Å². The van der Waals surface area contributed by atoms with Crippen LogP contribution in [0.25, 0.3) is 0 Å². The Morgan fingerprint density at radius 2 is 2.00 bits per heavy atom. The molecule has 0 bridgehead atoms. The van der Waals surface area contributed by atoms with Crippen molar-refractivity contribution >= 4 is 28.5 Å². The molecule has 2 aliphatic rings. The number of hydrogen-bond donors (Lipinski definition) is 0. The Hall–Kier alpha value is -1.13. The van der Waals surface area contributed by atoms with Gasteiger partial charge in [0, 0.05) is 22.8 Å². The molecule has 1 heterocycles. The number of hydrogen-bond acceptors (Lipinski definition) is 4. The van der Waals surface area contributed by atoms with Crippen LogP contribution in [-0.4, -0.2) is 11.9 Å². The minimum atomic E-state index is 0.0556. The standard InChI is InChI=1S/C18H21ClO3S/c1-10(2)5-12-16(18(12,3)4)17(20)23-8-11-6-14-15(7-13(11)19)22-9-21-14/h5-7,12,16H,8-9H2,1-4H3. The minimum Gasteiger partial charge on any atom is -0.454 e. The fourth-order valence-corrected chi connectivity index (χ4v) is 4.57. The van der Waals surface area contributed by atoms with Crippen LogP contribution in [0.4, 0.5) is 0 Å². The lowest BCUT2D eigenvalue weighted by Crippen LogP contribution is -2.02. The van der Waals surface area contributed by atoms with E-state index in [1.165, 1.54) is 17.3 Å². The predicted octanol–water partition coefficient (Wildman–Crippen LogP) is 5.07. The molecule has 3 nitrogen and oxygen atoms in total. The molecule has 1 aliphatic heterocycles. The lowest BCUT2D eigenvalue weighted by atomic mass is 10.1. The summed E-state index contributed by atoms with van der Waals surface area (Å²) >= 11 is 7.61. The second-order valence-corrected chi connectivity index (χ2v) is 8.36. The van der Waals surface area contributed by atoms with E-state index in [0.29, 0.717) is 28.2 Å². The average Bonchev–Trinajstić information content (AvgIpc) is 2.82. The van der Waals surface area contributed by atoms with Gasteiger partial charge in [0.05, 0.1) is 0 Å². The molecule has 0 amide bonds. The first-order chi connectivity index (χ1) is 10.8. The molecule has 124 valence electrons. The number of thioether (sulfide) groups is 1. The first-order valence-corrected chi connectivity index (χ1v) is 9.06. The summed E-state index contributed by atoms with van der Waals surface area (Å²) in [5.74, 6) is 2.37. The summed E-state index contributed by atoms with van der Waals surface area (Å²) in [6.45, 7) is 8.70. The number of fused-ring (bicyclic) bond motifs is 1. The zero-order valence-electron chi connectivity index (χ0n) is 13.8. The maximum absolute atomic E-state index is 12.6. The van der Waals surface area contributed by atoms with Gasteiger partial charge < -0.3 is 9.47 Å². The number of rotatable bonds is 4. The normalized spacial score (nSPS) is 23.5. The molecule has 2 unspecified atom stereocenters. The highest BCUT2D eigenvalue weighted by Gasteiger charge is 2.60. The highest BCUT2D eigenvalue weighted by Crippen LogP contribution is 2.61. The van der Waals surface area contributed by atoms with Gasteiger partial charge in [-0.15, -0.1) is 0 Å². The molecule has 23 heavy (non-hydrogen) atoms. The fourth-order valence-electron chi connectivity index (χ4n) is 3.11. The molecule has 1 aromatic carbocycles. The van der Waals surface area contributed by atoms with E-state index in [-0.39, 0.29) is 23.2 Å². The number of carbonyl (C=O) groups is 1. The van der Waals surface area contributed by atoms with Crippen LogP contribution in [0.5, 0.6) is 11.5 Å². The Morgan fingerprint density at radius 1 is 1.35 bits per heavy atom. The Morgan fingerprint density at radius 3 is 2.65 bits per heavy atom. The van der Waals surface area contributed by atoms with Gasteiger partial charge in [-0.3, -0.25) is 4.79 Å². The van der Waals surface area contributed by atoms with Gasteiger partial charge in [0.25, 0.3) is 0 Å². The van der Waals surface area contributed by atoms with Gasteiger partial charge in [-0.2, -0.15) is 0 Å². The molecule has 0 radical (unpaired) electrons. The lowest BCUT2D eigenvalue weighted by molar-refractivity contribution is -0.112. The summed E-state index contributed by atoms with van der Waals surface area (Å²) in [5.41, 5.74) is 2.23. The van der Waals surface area contributed by atoms with E-state index in [0.717, 1.165) is 5.56 Å². The Labute approximate surface area is 146 Å². The number of halogens is 1. The van der Waals surface area contributed by atoms with E-state index in [1.807, 2.05) is 6.07 Å². The van der Waals surface area contributed by atoms with E-state index in [4.69, 9.17) is 21.1 Å². The molecule has 1 fully saturated rings. The predicted molar refractivity (Wildman–Crippen MR) is 94.1 cm³/mol. The van der Waals surface area contributed by atoms with Crippen molar-refractivity contribution in [3.8, 4) is 11.5 Å². The first kappa shape index (κ1) is 16.7. The molecule has 0 N–H and O–H groups in total. The van der Waals surface area contributed by atoms with Crippen LogP contribution < -0.4 is 9.47 Å². The van der Waals surface area contributed by atoms with Crippen molar-refractivity contribution < 1.29 is 14.3 Å². The van der Waals surface area contributed by atoms with E-state index >= 15 is 0 Å². The van der Waals surface area contributed by atoms with Gasteiger partial charge in [0.2, 0.25) is 6.79 Å². The smallest absolute Gasteiger partial charge is 0.231 e. The van der Waals surface area contributed by atoms with Gasteiger partial charge in [0.15, 0.2) is 16.6 Å². The second-order valence-electron chi connectivity index (χ2n) is 6.97. The molecule has 1 saturated carbocycles. The van der Waals surface area contributed by atoms with Gasteiger partial charge >= 0.3 is 0 Å². The number of allylic oxidation sites excluding steroid dienone is 2. The van der Waals surface area contributed by atoms with Gasteiger partial charge in [-0.05, 0) is 36.8 Å². The molecule has 2 atom stereocenters. The molecule has 5 heteroatoms. The quantitative estimate of drug-likeness (QED) is 0.709. The summed E-state index contributed by atoms with van der Waals surface area (Å²) in [6.07, 6.45) is 2.22. The largest absolute Gasteiger partial charge is 0.454 e. The molecular formula is C18H21ClO3S.